The van der Waals surface area contributed by atoms with Crippen molar-refractivity contribution >= 4 is 47.9 Å². The summed E-state index contributed by atoms with van der Waals surface area (Å²) < 4.78 is 51.8. The molecule has 2 aliphatic heterocycles. The Morgan fingerprint density at radius 3 is 2.40 bits per heavy atom. The molecule has 1 saturated carbocycles. The number of nitrogens with one attached hydrogen (secondary N) is 1. The minimum Gasteiger partial charge on any atom is -0.335 e. The Morgan fingerprint density at radius 1 is 1.05 bits per heavy atom. The molecule has 0 bridgehead atoms. The van der Waals surface area contributed by atoms with Gasteiger partial charge in [-0.2, -0.15) is 0 Å². The Hall–Kier alpha value is -2.34. The van der Waals surface area contributed by atoms with E-state index in [1.807, 2.05) is 35.2 Å². The highest BCUT2D eigenvalue weighted by molar-refractivity contribution is 7.91. The fourth-order valence-corrected chi connectivity index (χ4v) is 10.3. The van der Waals surface area contributed by atoms with E-state index >= 15 is 0 Å². The number of carbonyl (C=O) groups excluding carboxylic acids is 1. The van der Waals surface area contributed by atoms with Crippen LogP contribution in [0, 0.1) is 11.3 Å². The first-order valence-corrected chi connectivity index (χ1v) is 18.2. The third-order valence-corrected chi connectivity index (χ3v) is 13.2. The van der Waals surface area contributed by atoms with Crippen LogP contribution < -0.4 is 4.72 Å². The van der Waals surface area contributed by atoms with Crippen molar-refractivity contribution in [3.05, 3.63) is 47.1 Å². The molecule has 0 unspecified atom stereocenters. The van der Waals surface area contributed by atoms with Crippen molar-refractivity contribution in [1.82, 2.24) is 14.6 Å². The molecule has 1 spiro atoms. The number of hydrogen-bond acceptors (Lipinski definition) is 7. The Balaban J connectivity index is 1.36. The van der Waals surface area contributed by atoms with E-state index in [0.717, 1.165) is 40.8 Å². The van der Waals surface area contributed by atoms with Crippen molar-refractivity contribution in [2.45, 2.75) is 56.3 Å². The molecule has 3 fully saturated rings. The molecule has 0 atom stereocenters. The lowest BCUT2D eigenvalue weighted by Gasteiger charge is -2.51. The topological polar surface area (TPSA) is 114 Å². The van der Waals surface area contributed by atoms with Crippen LogP contribution in [-0.4, -0.2) is 64.3 Å². The number of nitrogens with zero attached hydrogens (tertiary/aromatic N) is 2. The molecule has 214 valence electrons. The molecular formula is C29H35N3O5S3. The number of carbonyl (C=O) groups is 1. The van der Waals surface area contributed by atoms with Gasteiger partial charge >= 0.3 is 0 Å². The predicted molar refractivity (Wildman–Crippen MR) is 158 cm³/mol. The molecule has 3 heterocycles. The zero-order chi connectivity index (χ0) is 28.1. The third kappa shape index (κ3) is 5.21. The van der Waals surface area contributed by atoms with Gasteiger partial charge in [0.25, 0.3) is 5.91 Å². The molecular weight excluding hydrogens is 567 g/mol. The summed E-state index contributed by atoms with van der Waals surface area (Å²) in [6, 6.07) is 11.0. The van der Waals surface area contributed by atoms with Crippen LogP contribution in [0.3, 0.4) is 0 Å². The second-order valence-corrected chi connectivity index (χ2v) is 16.8. The lowest BCUT2D eigenvalue weighted by molar-refractivity contribution is 0.000299. The summed E-state index contributed by atoms with van der Waals surface area (Å²) in [6.07, 6.45) is 8.00. The van der Waals surface area contributed by atoms with Crippen molar-refractivity contribution in [1.29, 1.82) is 0 Å². The van der Waals surface area contributed by atoms with Crippen LogP contribution in [0.25, 0.3) is 21.2 Å². The quantitative estimate of drug-likeness (QED) is 0.440. The van der Waals surface area contributed by atoms with Crippen LogP contribution in [0.1, 0.15) is 60.4 Å². The Morgan fingerprint density at radius 2 is 1.73 bits per heavy atom. The molecule has 2 saturated heterocycles. The highest BCUT2D eigenvalue weighted by atomic mass is 32.2. The summed E-state index contributed by atoms with van der Waals surface area (Å²) in [5.41, 5.74) is 1.72. The van der Waals surface area contributed by atoms with Gasteiger partial charge in [0.1, 0.15) is 9.84 Å². The number of sulfonamides is 1. The van der Waals surface area contributed by atoms with Crippen LogP contribution in [0.15, 0.2) is 41.3 Å². The minimum atomic E-state index is -3.65. The number of hydrogen-bond donors (Lipinski definition) is 1. The van der Waals surface area contributed by atoms with E-state index in [-0.39, 0.29) is 27.7 Å². The average Bonchev–Trinajstić information content (AvgIpc) is 3.35. The second kappa shape index (κ2) is 10.5. The maximum atomic E-state index is 13.6. The van der Waals surface area contributed by atoms with Crippen LogP contribution in [0.5, 0.6) is 0 Å². The summed E-state index contributed by atoms with van der Waals surface area (Å²) in [5, 5.41) is 1.91. The monoisotopic (exact) mass is 601 g/mol. The van der Waals surface area contributed by atoms with Crippen molar-refractivity contribution < 1.29 is 21.6 Å². The smallest absolute Gasteiger partial charge is 0.282 e. The lowest BCUT2D eigenvalue weighted by Crippen LogP contribution is -2.60. The van der Waals surface area contributed by atoms with Crippen LogP contribution >= 0.6 is 11.3 Å². The summed E-state index contributed by atoms with van der Waals surface area (Å²) >= 11 is 1.39. The number of fused-ring (bicyclic) bond motifs is 1. The van der Waals surface area contributed by atoms with E-state index in [4.69, 9.17) is 4.98 Å². The number of thiazole rings is 1. The van der Waals surface area contributed by atoms with Gasteiger partial charge in [-0.1, -0.05) is 62.4 Å². The third-order valence-electron chi connectivity index (χ3n) is 9.00. The fraction of sp³-hybridized carbons (Fsp3) is 0.517. The summed E-state index contributed by atoms with van der Waals surface area (Å²) in [6.45, 7) is 1.15. The Bertz CT molecular complexity index is 1650. The molecule has 40 heavy (non-hydrogen) atoms. The first-order chi connectivity index (χ1) is 19.1. The van der Waals surface area contributed by atoms with Gasteiger partial charge in [0.05, 0.1) is 27.0 Å². The summed E-state index contributed by atoms with van der Waals surface area (Å²) in [5.74, 6) is 0.825. The van der Waals surface area contributed by atoms with Crippen molar-refractivity contribution in [2.75, 3.05) is 31.6 Å². The number of rotatable bonds is 6. The minimum absolute atomic E-state index is 0.0865. The number of benzene rings is 2. The molecule has 1 aliphatic carbocycles. The zero-order valence-corrected chi connectivity index (χ0v) is 25.1. The first-order valence-electron chi connectivity index (χ1n) is 14.0. The van der Waals surface area contributed by atoms with Crippen molar-refractivity contribution in [2.24, 2.45) is 11.3 Å². The normalized spacial score (nSPS) is 21.0. The fourth-order valence-electron chi connectivity index (χ4n) is 6.60. The zero-order valence-electron chi connectivity index (χ0n) is 22.7. The lowest BCUT2D eigenvalue weighted by atomic mass is 9.75. The van der Waals surface area contributed by atoms with Crippen molar-refractivity contribution in [3.8, 4) is 10.4 Å². The standard InChI is InChI=1S/C29H35N3O5S3/c1-30-40(36,37)25-12-11-23(21-9-5-6-10-22(21)25)26-24(17-20-7-3-2-4-8-20)31-27(38-26)28(33)32-18-29(19-32)13-15-39(34,35)16-14-29/h5-6,9-12,20,30H,2-4,7-8,13-19H2,1H3. The molecule has 1 amide bonds. The number of amides is 1. The van der Waals surface area contributed by atoms with Gasteiger partial charge in [0, 0.05) is 29.5 Å². The molecule has 3 aliphatic rings. The van der Waals surface area contributed by atoms with Gasteiger partial charge in [0.15, 0.2) is 5.01 Å². The van der Waals surface area contributed by atoms with Crippen LogP contribution in [-0.2, 0) is 26.3 Å². The molecule has 6 rings (SSSR count). The van der Waals surface area contributed by atoms with Gasteiger partial charge in [-0.05, 0) is 43.7 Å². The highest BCUT2D eigenvalue weighted by Gasteiger charge is 2.48. The van der Waals surface area contributed by atoms with Crippen LogP contribution in [0.2, 0.25) is 0 Å². The largest absolute Gasteiger partial charge is 0.335 e. The Kier molecular flexibility index (Phi) is 7.29. The van der Waals surface area contributed by atoms with Gasteiger partial charge < -0.3 is 4.90 Å². The number of sulfone groups is 1. The summed E-state index contributed by atoms with van der Waals surface area (Å²) in [7, 11) is -5.20. The average molecular weight is 602 g/mol. The number of aromatic nitrogens is 1. The SMILES string of the molecule is CNS(=O)(=O)c1ccc(-c2sc(C(=O)N3CC4(CCS(=O)(=O)CC4)C3)nc2CC2CCCCC2)c2ccccc12. The molecule has 8 nitrogen and oxygen atoms in total. The Labute approximate surface area is 240 Å². The summed E-state index contributed by atoms with van der Waals surface area (Å²) in [4.78, 5) is 21.5. The molecule has 1 aromatic heterocycles. The van der Waals surface area contributed by atoms with Crippen molar-refractivity contribution in [3.63, 3.8) is 0 Å². The first kappa shape index (κ1) is 27.8. The number of likely N-dealkylation sites (tertiary alicyclic amines) is 1. The highest BCUT2D eigenvalue weighted by Crippen LogP contribution is 2.44. The van der Waals surface area contributed by atoms with E-state index < -0.39 is 19.9 Å². The van der Waals surface area contributed by atoms with Gasteiger partial charge in [-0.25, -0.2) is 26.5 Å². The maximum absolute atomic E-state index is 13.6. The van der Waals surface area contributed by atoms with Crippen LogP contribution in [0.4, 0.5) is 0 Å². The van der Waals surface area contributed by atoms with Gasteiger partial charge in [-0.15, -0.1) is 11.3 Å². The molecule has 3 aromatic rings. The molecule has 0 radical (unpaired) electrons. The van der Waals surface area contributed by atoms with Gasteiger partial charge in [0.2, 0.25) is 10.0 Å². The van der Waals surface area contributed by atoms with Gasteiger partial charge in [-0.3, -0.25) is 4.79 Å². The van der Waals surface area contributed by atoms with E-state index in [1.54, 1.807) is 6.07 Å². The van der Waals surface area contributed by atoms with E-state index in [9.17, 15) is 21.6 Å². The molecule has 2 aromatic carbocycles. The van der Waals surface area contributed by atoms with E-state index in [0.29, 0.717) is 42.2 Å². The molecule has 11 heteroatoms. The second-order valence-electron chi connectivity index (χ2n) is 11.7. The van der Waals surface area contributed by atoms with E-state index in [2.05, 4.69) is 4.72 Å². The molecule has 1 N–H and O–H groups in total. The van der Waals surface area contributed by atoms with E-state index in [1.165, 1.54) is 37.6 Å². The maximum Gasteiger partial charge on any atom is 0.282 e. The predicted octanol–water partition coefficient (Wildman–Crippen LogP) is 4.65.